The number of carbonyl (C=O) groups excluding carboxylic acids is 1. The quantitative estimate of drug-likeness (QED) is 0.733. The Morgan fingerprint density at radius 2 is 2.11 bits per heavy atom. The Balaban J connectivity index is 0.00000144. The summed E-state index contributed by atoms with van der Waals surface area (Å²) < 4.78 is 0. The molecule has 1 aromatic rings. The van der Waals surface area contributed by atoms with E-state index in [4.69, 9.17) is 5.73 Å². The Hall–Kier alpha value is -1.11. The molecule has 6 nitrogen and oxygen atoms in total. The van der Waals surface area contributed by atoms with Gasteiger partial charge in [-0.15, -0.1) is 24.8 Å². The van der Waals surface area contributed by atoms with Crippen LogP contribution in [0.4, 0.5) is 5.82 Å². The van der Waals surface area contributed by atoms with E-state index in [0.29, 0.717) is 0 Å². The van der Waals surface area contributed by atoms with E-state index < -0.39 is 0 Å². The molecule has 8 heteroatoms. The number of nitrogens with zero attached hydrogens (tertiary/aromatic N) is 2. The van der Waals surface area contributed by atoms with Crippen molar-refractivity contribution >= 4 is 36.5 Å². The third-order valence-corrected chi connectivity index (χ3v) is 2.57. The maximum atomic E-state index is 11.8. The number of hydrogen-bond donors (Lipinski definition) is 3. The van der Waals surface area contributed by atoms with Gasteiger partial charge in [0.05, 0.1) is 0 Å². The summed E-state index contributed by atoms with van der Waals surface area (Å²) in [5.41, 5.74) is 5.78. The molecule has 0 aromatic carbocycles. The van der Waals surface area contributed by atoms with Gasteiger partial charge in [-0.3, -0.25) is 4.79 Å². The molecule has 18 heavy (non-hydrogen) atoms. The van der Waals surface area contributed by atoms with Gasteiger partial charge in [0.15, 0.2) is 11.5 Å². The van der Waals surface area contributed by atoms with E-state index in [0.717, 1.165) is 25.9 Å². The minimum absolute atomic E-state index is 0. The molecule has 1 fully saturated rings. The number of nitrogen functional groups attached to an aromatic ring is 1. The van der Waals surface area contributed by atoms with Crippen LogP contribution in [0.15, 0.2) is 12.4 Å². The second kappa shape index (κ2) is 8.07. The van der Waals surface area contributed by atoms with Gasteiger partial charge in [-0.2, -0.15) is 0 Å². The minimum Gasteiger partial charge on any atom is -0.382 e. The second-order valence-corrected chi connectivity index (χ2v) is 3.81. The van der Waals surface area contributed by atoms with Gasteiger partial charge in [-0.25, -0.2) is 9.97 Å². The average molecular weight is 294 g/mol. The monoisotopic (exact) mass is 293 g/mol. The predicted molar refractivity (Wildman–Crippen MR) is 74.3 cm³/mol. The smallest absolute Gasteiger partial charge is 0.273 e. The fraction of sp³-hybridized carbons (Fsp3) is 0.500. The fourth-order valence-electron chi connectivity index (χ4n) is 1.75. The molecule has 1 amide bonds. The number of aromatic nitrogens is 2. The van der Waals surface area contributed by atoms with Crippen LogP contribution in [0.2, 0.25) is 0 Å². The SMILES string of the molecule is Cl.Cl.Nc1nccnc1C(=O)NC1CCCNC1. The first-order valence-electron chi connectivity index (χ1n) is 5.35. The zero-order valence-corrected chi connectivity index (χ0v) is 11.4. The number of carbonyl (C=O) groups is 1. The van der Waals surface area contributed by atoms with Gasteiger partial charge in [0.2, 0.25) is 0 Å². The summed E-state index contributed by atoms with van der Waals surface area (Å²) in [4.78, 5) is 19.6. The number of nitrogens with one attached hydrogen (secondary N) is 2. The first-order valence-corrected chi connectivity index (χ1v) is 5.35. The summed E-state index contributed by atoms with van der Waals surface area (Å²) in [6.45, 7) is 1.81. The maximum absolute atomic E-state index is 11.8. The number of piperidine rings is 1. The van der Waals surface area contributed by atoms with Crippen molar-refractivity contribution in [1.82, 2.24) is 20.6 Å². The molecule has 0 aliphatic carbocycles. The van der Waals surface area contributed by atoms with Crippen molar-refractivity contribution in [2.24, 2.45) is 0 Å². The highest BCUT2D eigenvalue weighted by Gasteiger charge is 2.18. The van der Waals surface area contributed by atoms with E-state index in [1.807, 2.05) is 0 Å². The van der Waals surface area contributed by atoms with E-state index in [1.165, 1.54) is 12.4 Å². The van der Waals surface area contributed by atoms with Crippen LogP contribution in [-0.2, 0) is 0 Å². The zero-order chi connectivity index (χ0) is 11.4. The van der Waals surface area contributed by atoms with Crippen molar-refractivity contribution in [2.75, 3.05) is 18.8 Å². The van der Waals surface area contributed by atoms with Gasteiger partial charge in [-0.1, -0.05) is 0 Å². The van der Waals surface area contributed by atoms with Crippen LogP contribution in [0, 0.1) is 0 Å². The van der Waals surface area contributed by atoms with E-state index in [9.17, 15) is 4.79 Å². The molecule has 1 atom stereocenters. The van der Waals surface area contributed by atoms with E-state index in [2.05, 4.69) is 20.6 Å². The Bertz CT molecular complexity index is 384. The maximum Gasteiger partial charge on any atom is 0.273 e. The van der Waals surface area contributed by atoms with Crippen molar-refractivity contribution < 1.29 is 4.79 Å². The zero-order valence-electron chi connectivity index (χ0n) is 9.76. The second-order valence-electron chi connectivity index (χ2n) is 3.81. The van der Waals surface area contributed by atoms with Gasteiger partial charge in [0.1, 0.15) is 0 Å². The molecule has 4 N–H and O–H groups in total. The minimum atomic E-state index is -0.251. The van der Waals surface area contributed by atoms with Crippen molar-refractivity contribution in [3.05, 3.63) is 18.1 Å². The summed E-state index contributed by atoms with van der Waals surface area (Å²) in [6.07, 6.45) is 4.98. The van der Waals surface area contributed by atoms with Gasteiger partial charge in [0.25, 0.3) is 5.91 Å². The molecule has 1 aliphatic heterocycles. The lowest BCUT2D eigenvalue weighted by Gasteiger charge is -2.23. The van der Waals surface area contributed by atoms with Crippen molar-refractivity contribution in [3.63, 3.8) is 0 Å². The molecule has 0 radical (unpaired) electrons. The highest BCUT2D eigenvalue weighted by molar-refractivity contribution is 5.96. The lowest BCUT2D eigenvalue weighted by atomic mass is 10.1. The average Bonchev–Trinajstić information content (AvgIpc) is 2.31. The standard InChI is InChI=1S/C10H15N5O.2ClH/c11-9-8(13-4-5-14-9)10(16)15-7-2-1-3-12-6-7;;/h4-5,7,12H,1-3,6H2,(H2,11,14)(H,15,16);2*1H. The molecule has 1 unspecified atom stereocenters. The van der Waals surface area contributed by atoms with Gasteiger partial charge < -0.3 is 16.4 Å². The summed E-state index contributed by atoms with van der Waals surface area (Å²) in [7, 11) is 0. The van der Waals surface area contributed by atoms with Crippen molar-refractivity contribution in [2.45, 2.75) is 18.9 Å². The number of amides is 1. The van der Waals surface area contributed by atoms with Gasteiger partial charge in [0, 0.05) is 25.0 Å². The number of nitrogens with two attached hydrogens (primary N) is 1. The third kappa shape index (κ3) is 4.29. The van der Waals surface area contributed by atoms with Crippen LogP contribution >= 0.6 is 24.8 Å². The Morgan fingerprint density at radius 1 is 1.39 bits per heavy atom. The summed E-state index contributed by atoms with van der Waals surface area (Å²) in [5.74, 6) is -0.0805. The van der Waals surface area contributed by atoms with Crippen LogP contribution in [0.5, 0.6) is 0 Å². The molecule has 1 aromatic heterocycles. The molecule has 102 valence electrons. The number of anilines is 1. The molecule has 2 rings (SSSR count). The summed E-state index contributed by atoms with van der Waals surface area (Å²) in [6, 6.07) is 0.155. The van der Waals surface area contributed by atoms with Gasteiger partial charge in [-0.05, 0) is 19.4 Å². The van der Waals surface area contributed by atoms with Crippen molar-refractivity contribution in [3.8, 4) is 0 Å². The normalized spacial score (nSPS) is 18.1. The number of rotatable bonds is 2. The third-order valence-electron chi connectivity index (χ3n) is 2.57. The van der Waals surface area contributed by atoms with E-state index in [-0.39, 0.29) is 48.3 Å². The molecule has 1 aliphatic rings. The predicted octanol–water partition coefficient (Wildman–Crippen LogP) is 0.384. The van der Waals surface area contributed by atoms with Crippen LogP contribution in [-0.4, -0.2) is 35.0 Å². The summed E-state index contributed by atoms with van der Waals surface area (Å²) in [5, 5.41) is 6.12. The molecule has 1 saturated heterocycles. The Morgan fingerprint density at radius 3 is 2.72 bits per heavy atom. The largest absolute Gasteiger partial charge is 0.382 e. The molecule has 2 heterocycles. The Labute approximate surface area is 118 Å². The topological polar surface area (TPSA) is 92.9 Å². The highest BCUT2D eigenvalue weighted by Crippen LogP contribution is 2.06. The number of halogens is 2. The van der Waals surface area contributed by atoms with Crippen molar-refractivity contribution in [1.29, 1.82) is 0 Å². The molecule has 0 bridgehead atoms. The fourth-order valence-corrected chi connectivity index (χ4v) is 1.75. The number of hydrogen-bond acceptors (Lipinski definition) is 5. The van der Waals surface area contributed by atoms with Crippen LogP contribution < -0.4 is 16.4 Å². The summed E-state index contributed by atoms with van der Waals surface area (Å²) >= 11 is 0. The van der Waals surface area contributed by atoms with Crippen LogP contribution in [0.3, 0.4) is 0 Å². The first kappa shape index (κ1) is 16.9. The Kier molecular flexibility index (Phi) is 7.58. The molecule has 0 spiro atoms. The van der Waals surface area contributed by atoms with E-state index >= 15 is 0 Å². The molecular weight excluding hydrogens is 277 g/mol. The van der Waals surface area contributed by atoms with Gasteiger partial charge >= 0.3 is 0 Å². The lowest BCUT2D eigenvalue weighted by molar-refractivity contribution is 0.0926. The first-order chi connectivity index (χ1) is 7.77. The van der Waals surface area contributed by atoms with Crippen LogP contribution in [0.1, 0.15) is 23.3 Å². The van der Waals surface area contributed by atoms with E-state index in [1.54, 1.807) is 0 Å². The molecular formula is C10H17Cl2N5O. The highest BCUT2D eigenvalue weighted by atomic mass is 35.5. The lowest BCUT2D eigenvalue weighted by Crippen LogP contribution is -2.45. The molecule has 0 saturated carbocycles. The van der Waals surface area contributed by atoms with Crippen LogP contribution in [0.25, 0.3) is 0 Å².